The van der Waals surface area contributed by atoms with Gasteiger partial charge in [0.2, 0.25) is 0 Å². The highest BCUT2D eigenvalue weighted by atomic mass is 35.5. The minimum Gasteiger partial charge on any atom is -0.496 e. The maximum absolute atomic E-state index is 13.8. The van der Waals surface area contributed by atoms with Crippen molar-refractivity contribution in [1.29, 1.82) is 0 Å². The molecule has 0 aliphatic rings. The average Bonchev–Trinajstić information content (AvgIpc) is 2.38. The summed E-state index contributed by atoms with van der Waals surface area (Å²) in [6.07, 6.45) is 0.678. The fourth-order valence-electron chi connectivity index (χ4n) is 1.69. The van der Waals surface area contributed by atoms with Gasteiger partial charge in [-0.25, -0.2) is 4.39 Å². The molecule has 0 saturated heterocycles. The van der Waals surface area contributed by atoms with Crippen LogP contribution in [0.15, 0.2) is 18.2 Å². The van der Waals surface area contributed by atoms with Crippen LogP contribution in [-0.4, -0.2) is 36.9 Å². The highest BCUT2D eigenvalue weighted by Crippen LogP contribution is 2.22. The Labute approximate surface area is 111 Å². The predicted molar refractivity (Wildman–Crippen MR) is 69.9 cm³/mol. The first-order chi connectivity index (χ1) is 8.65. The van der Waals surface area contributed by atoms with Crippen LogP contribution in [0.5, 0.6) is 5.75 Å². The van der Waals surface area contributed by atoms with E-state index in [1.54, 1.807) is 11.0 Å². The Morgan fingerprint density at radius 2 is 2.22 bits per heavy atom. The minimum atomic E-state index is -0.566. The number of amides is 1. The number of carbonyl (C=O) groups excluding carboxylic acids is 1. The van der Waals surface area contributed by atoms with E-state index in [0.29, 0.717) is 25.4 Å². The summed E-state index contributed by atoms with van der Waals surface area (Å²) in [5, 5.41) is 0. The van der Waals surface area contributed by atoms with Crippen LogP contribution in [0.3, 0.4) is 0 Å². The molecule has 0 radical (unpaired) electrons. The van der Waals surface area contributed by atoms with Gasteiger partial charge in [0, 0.05) is 19.0 Å². The lowest BCUT2D eigenvalue weighted by Gasteiger charge is -2.21. The molecule has 100 valence electrons. The zero-order chi connectivity index (χ0) is 13.5. The molecule has 1 rings (SSSR count). The third kappa shape index (κ3) is 3.35. The Bertz CT molecular complexity index is 412. The van der Waals surface area contributed by atoms with Gasteiger partial charge in [0.15, 0.2) is 0 Å². The number of halogens is 2. The lowest BCUT2D eigenvalue weighted by atomic mass is 10.1. The van der Waals surface area contributed by atoms with Crippen molar-refractivity contribution in [2.24, 2.45) is 0 Å². The second-order valence-corrected chi connectivity index (χ2v) is 4.12. The summed E-state index contributed by atoms with van der Waals surface area (Å²) < 4.78 is 18.8. The quantitative estimate of drug-likeness (QED) is 0.746. The van der Waals surface area contributed by atoms with Crippen molar-refractivity contribution in [1.82, 2.24) is 4.90 Å². The molecule has 0 fully saturated rings. The van der Waals surface area contributed by atoms with E-state index in [4.69, 9.17) is 16.3 Å². The van der Waals surface area contributed by atoms with E-state index in [1.807, 2.05) is 6.92 Å². The molecule has 0 spiro atoms. The van der Waals surface area contributed by atoms with Crippen LogP contribution in [0, 0.1) is 5.82 Å². The van der Waals surface area contributed by atoms with Gasteiger partial charge in [-0.2, -0.15) is 0 Å². The van der Waals surface area contributed by atoms with E-state index in [1.165, 1.54) is 19.2 Å². The van der Waals surface area contributed by atoms with Crippen LogP contribution in [0.4, 0.5) is 4.39 Å². The van der Waals surface area contributed by atoms with Gasteiger partial charge in [0.05, 0.1) is 7.11 Å². The van der Waals surface area contributed by atoms with E-state index in [2.05, 4.69) is 0 Å². The average molecular weight is 274 g/mol. The van der Waals surface area contributed by atoms with Crippen LogP contribution in [-0.2, 0) is 0 Å². The molecule has 0 aromatic heterocycles. The zero-order valence-corrected chi connectivity index (χ0v) is 11.3. The van der Waals surface area contributed by atoms with Gasteiger partial charge in [0.25, 0.3) is 5.91 Å². The van der Waals surface area contributed by atoms with E-state index in [9.17, 15) is 9.18 Å². The Balaban J connectivity index is 3.00. The molecular weight excluding hydrogens is 257 g/mol. The maximum Gasteiger partial charge on any atom is 0.260 e. The fourth-order valence-corrected chi connectivity index (χ4v) is 1.81. The van der Waals surface area contributed by atoms with Crippen molar-refractivity contribution in [3.63, 3.8) is 0 Å². The van der Waals surface area contributed by atoms with Gasteiger partial charge in [-0.1, -0.05) is 6.07 Å². The number of carbonyl (C=O) groups is 1. The van der Waals surface area contributed by atoms with Crippen molar-refractivity contribution < 1.29 is 13.9 Å². The first kappa shape index (κ1) is 14.8. The SMILES string of the molecule is CCN(CCCCl)C(=O)c1c(F)cccc1OC. The lowest BCUT2D eigenvalue weighted by Crippen LogP contribution is -2.32. The second kappa shape index (κ2) is 7.21. The molecular formula is C13H17ClFNO2. The van der Waals surface area contributed by atoms with Gasteiger partial charge in [-0.15, -0.1) is 11.6 Å². The highest BCUT2D eigenvalue weighted by molar-refractivity contribution is 6.17. The van der Waals surface area contributed by atoms with Gasteiger partial charge >= 0.3 is 0 Å². The van der Waals surface area contributed by atoms with Crippen molar-refractivity contribution in [2.45, 2.75) is 13.3 Å². The molecule has 0 bridgehead atoms. The molecule has 1 aromatic rings. The van der Waals surface area contributed by atoms with Crippen LogP contribution in [0.1, 0.15) is 23.7 Å². The van der Waals surface area contributed by atoms with Crippen LogP contribution < -0.4 is 4.74 Å². The number of ether oxygens (including phenoxy) is 1. The summed E-state index contributed by atoms with van der Waals surface area (Å²) >= 11 is 5.61. The number of methoxy groups -OCH3 is 1. The van der Waals surface area contributed by atoms with E-state index in [-0.39, 0.29) is 17.2 Å². The third-order valence-corrected chi connectivity index (χ3v) is 2.91. The molecule has 0 aliphatic heterocycles. The Morgan fingerprint density at radius 1 is 1.50 bits per heavy atom. The first-order valence-electron chi connectivity index (χ1n) is 5.83. The molecule has 3 nitrogen and oxygen atoms in total. The molecule has 0 unspecified atom stereocenters. The standard InChI is InChI=1S/C13H17ClFNO2/c1-3-16(9-5-8-14)13(17)12-10(15)6-4-7-11(12)18-2/h4,6-7H,3,5,8-9H2,1-2H3. The van der Waals surface area contributed by atoms with Gasteiger partial charge in [-0.05, 0) is 25.5 Å². The number of hydrogen-bond acceptors (Lipinski definition) is 2. The summed E-state index contributed by atoms with van der Waals surface area (Å²) in [5.74, 6) is -0.205. The summed E-state index contributed by atoms with van der Waals surface area (Å²) in [7, 11) is 1.42. The topological polar surface area (TPSA) is 29.5 Å². The summed E-state index contributed by atoms with van der Waals surface area (Å²) in [6, 6.07) is 4.34. The number of rotatable bonds is 6. The minimum absolute atomic E-state index is 0.0172. The molecule has 1 aromatic carbocycles. The summed E-state index contributed by atoms with van der Waals surface area (Å²) in [4.78, 5) is 13.8. The fraction of sp³-hybridized carbons (Fsp3) is 0.462. The highest BCUT2D eigenvalue weighted by Gasteiger charge is 2.21. The van der Waals surface area contributed by atoms with Crippen molar-refractivity contribution in [3.05, 3.63) is 29.6 Å². The molecule has 0 aliphatic carbocycles. The molecule has 1 amide bonds. The monoisotopic (exact) mass is 273 g/mol. The molecule has 0 atom stereocenters. The van der Waals surface area contributed by atoms with E-state index >= 15 is 0 Å². The molecule has 18 heavy (non-hydrogen) atoms. The van der Waals surface area contributed by atoms with Crippen molar-refractivity contribution >= 4 is 17.5 Å². The predicted octanol–water partition coefficient (Wildman–Crippen LogP) is 2.93. The number of benzene rings is 1. The Hall–Kier alpha value is -1.29. The third-order valence-electron chi connectivity index (χ3n) is 2.64. The number of alkyl halides is 1. The van der Waals surface area contributed by atoms with Crippen LogP contribution in [0.2, 0.25) is 0 Å². The maximum atomic E-state index is 13.8. The lowest BCUT2D eigenvalue weighted by molar-refractivity contribution is 0.0756. The summed E-state index contributed by atoms with van der Waals surface area (Å²) in [5.41, 5.74) is -0.0172. The normalized spacial score (nSPS) is 10.2. The molecule has 0 saturated carbocycles. The second-order valence-electron chi connectivity index (χ2n) is 3.74. The van der Waals surface area contributed by atoms with Crippen LogP contribution in [0.25, 0.3) is 0 Å². The zero-order valence-electron chi connectivity index (χ0n) is 10.6. The molecule has 0 heterocycles. The smallest absolute Gasteiger partial charge is 0.260 e. The summed E-state index contributed by atoms with van der Waals surface area (Å²) in [6.45, 7) is 2.86. The van der Waals surface area contributed by atoms with Crippen molar-refractivity contribution in [3.8, 4) is 5.75 Å². The molecule has 5 heteroatoms. The largest absolute Gasteiger partial charge is 0.496 e. The Morgan fingerprint density at radius 3 is 2.78 bits per heavy atom. The number of hydrogen-bond donors (Lipinski definition) is 0. The van der Waals surface area contributed by atoms with Gasteiger partial charge in [-0.3, -0.25) is 4.79 Å². The van der Waals surface area contributed by atoms with E-state index < -0.39 is 5.82 Å². The Kier molecular flexibility index (Phi) is 5.92. The van der Waals surface area contributed by atoms with Gasteiger partial charge < -0.3 is 9.64 Å². The molecule has 0 N–H and O–H groups in total. The van der Waals surface area contributed by atoms with Crippen LogP contribution >= 0.6 is 11.6 Å². The van der Waals surface area contributed by atoms with E-state index in [0.717, 1.165) is 0 Å². The number of nitrogens with zero attached hydrogens (tertiary/aromatic N) is 1. The first-order valence-corrected chi connectivity index (χ1v) is 6.36. The van der Waals surface area contributed by atoms with Crippen molar-refractivity contribution in [2.75, 3.05) is 26.1 Å². The van der Waals surface area contributed by atoms with Gasteiger partial charge in [0.1, 0.15) is 17.1 Å².